The van der Waals surface area contributed by atoms with E-state index < -0.39 is 0 Å². The number of aromatic nitrogens is 3. The Morgan fingerprint density at radius 2 is 2.00 bits per heavy atom. The van der Waals surface area contributed by atoms with Crippen molar-refractivity contribution in [3.8, 4) is 11.5 Å². The first-order valence-electron chi connectivity index (χ1n) is 7.12. The van der Waals surface area contributed by atoms with Crippen molar-refractivity contribution in [2.45, 2.75) is 33.1 Å². The van der Waals surface area contributed by atoms with Gasteiger partial charge in [0.15, 0.2) is 0 Å². The van der Waals surface area contributed by atoms with Crippen molar-refractivity contribution in [2.24, 2.45) is 0 Å². The Kier molecular flexibility index (Phi) is 2.72. The van der Waals surface area contributed by atoms with Gasteiger partial charge in [0, 0.05) is 11.1 Å². The van der Waals surface area contributed by atoms with Gasteiger partial charge >= 0.3 is 0 Å². The highest BCUT2D eigenvalue weighted by molar-refractivity contribution is 7.71. The zero-order chi connectivity index (χ0) is 14.6. The fourth-order valence-electron chi connectivity index (χ4n) is 3.10. The van der Waals surface area contributed by atoms with Crippen molar-refractivity contribution in [1.82, 2.24) is 15.2 Å². The molecule has 21 heavy (non-hydrogen) atoms. The van der Waals surface area contributed by atoms with Crippen molar-refractivity contribution >= 4 is 23.1 Å². The molecule has 1 N–H and O–H groups in total. The average Bonchev–Trinajstić information content (AvgIpc) is 3.06. The number of hydrogen-bond acceptors (Lipinski definition) is 4. The largest absolute Gasteiger partial charge is 0.409 e. The normalized spacial score (nSPS) is 13.8. The third-order valence-electron chi connectivity index (χ3n) is 4.28. The minimum absolute atomic E-state index is 0.311. The maximum atomic E-state index is 5.59. The van der Waals surface area contributed by atoms with Gasteiger partial charge in [-0.3, -0.25) is 4.98 Å². The second kappa shape index (κ2) is 4.49. The molecular formula is C16H15N3OS. The molecule has 4 nitrogen and oxygen atoms in total. The van der Waals surface area contributed by atoms with Crippen LogP contribution in [-0.2, 0) is 12.8 Å². The Hall–Kier alpha value is -2.01. The SMILES string of the molecule is Cc1cc2nc3c(c(-c4n[nH]c(=S)o4)c2cc1C)CCC3. The summed E-state index contributed by atoms with van der Waals surface area (Å²) in [6.45, 7) is 4.23. The van der Waals surface area contributed by atoms with E-state index in [1.165, 1.54) is 22.4 Å². The molecule has 1 aromatic carbocycles. The third kappa shape index (κ3) is 1.92. The van der Waals surface area contributed by atoms with Crippen LogP contribution in [0.3, 0.4) is 0 Å². The summed E-state index contributed by atoms with van der Waals surface area (Å²) >= 11 is 5.03. The number of H-pyrrole nitrogens is 1. The lowest BCUT2D eigenvalue weighted by Gasteiger charge is -2.11. The number of hydrogen-bond donors (Lipinski definition) is 1. The van der Waals surface area contributed by atoms with Crippen LogP contribution in [0.4, 0.5) is 0 Å². The Labute approximate surface area is 127 Å². The zero-order valence-electron chi connectivity index (χ0n) is 12.0. The molecule has 0 radical (unpaired) electrons. The summed E-state index contributed by atoms with van der Waals surface area (Å²) < 4.78 is 5.59. The summed E-state index contributed by atoms with van der Waals surface area (Å²) in [5, 5.41) is 8.07. The molecule has 0 fully saturated rings. The van der Waals surface area contributed by atoms with Crippen LogP contribution in [0.2, 0.25) is 0 Å². The van der Waals surface area contributed by atoms with Crippen LogP contribution in [0.25, 0.3) is 22.4 Å². The first-order valence-corrected chi connectivity index (χ1v) is 7.53. The molecular weight excluding hydrogens is 282 g/mol. The maximum absolute atomic E-state index is 5.59. The fourth-order valence-corrected chi connectivity index (χ4v) is 3.23. The van der Waals surface area contributed by atoms with Gasteiger partial charge in [-0.15, -0.1) is 5.10 Å². The number of aromatic amines is 1. The van der Waals surface area contributed by atoms with Crippen LogP contribution in [-0.4, -0.2) is 15.2 Å². The van der Waals surface area contributed by atoms with Crippen LogP contribution in [0, 0.1) is 18.7 Å². The van der Waals surface area contributed by atoms with E-state index in [2.05, 4.69) is 36.2 Å². The van der Waals surface area contributed by atoms with E-state index in [0.29, 0.717) is 10.7 Å². The van der Waals surface area contributed by atoms with Crippen molar-refractivity contribution in [1.29, 1.82) is 0 Å². The predicted molar refractivity (Wildman–Crippen MR) is 83.9 cm³/mol. The number of fused-ring (bicyclic) bond motifs is 2. The van der Waals surface area contributed by atoms with E-state index in [1.54, 1.807) is 0 Å². The van der Waals surface area contributed by atoms with Gasteiger partial charge in [0.05, 0.1) is 11.1 Å². The molecule has 1 aliphatic rings. The van der Waals surface area contributed by atoms with Crippen molar-refractivity contribution < 1.29 is 4.42 Å². The molecule has 0 aliphatic heterocycles. The van der Waals surface area contributed by atoms with Gasteiger partial charge in [-0.05, 0) is 74.2 Å². The molecule has 106 valence electrons. The van der Waals surface area contributed by atoms with E-state index in [0.717, 1.165) is 35.7 Å². The van der Waals surface area contributed by atoms with Gasteiger partial charge < -0.3 is 4.42 Å². The molecule has 0 saturated heterocycles. The molecule has 0 amide bonds. The van der Waals surface area contributed by atoms with Gasteiger partial charge in [0.1, 0.15) is 0 Å². The van der Waals surface area contributed by atoms with Gasteiger partial charge in [-0.1, -0.05) is 0 Å². The van der Waals surface area contributed by atoms with Crippen molar-refractivity contribution in [3.05, 3.63) is 39.4 Å². The first kappa shape index (κ1) is 12.7. The monoisotopic (exact) mass is 297 g/mol. The number of nitrogens with one attached hydrogen (secondary N) is 1. The Morgan fingerprint density at radius 3 is 2.76 bits per heavy atom. The quantitative estimate of drug-likeness (QED) is 0.688. The second-order valence-electron chi connectivity index (χ2n) is 5.64. The van der Waals surface area contributed by atoms with Gasteiger partial charge in [-0.25, -0.2) is 5.10 Å². The van der Waals surface area contributed by atoms with Crippen molar-refractivity contribution in [3.63, 3.8) is 0 Å². The summed E-state index contributed by atoms with van der Waals surface area (Å²) in [5.74, 6) is 0.578. The Bertz CT molecular complexity index is 923. The van der Waals surface area contributed by atoms with Crippen LogP contribution in [0.15, 0.2) is 16.5 Å². The summed E-state index contributed by atoms with van der Waals surface area (Å²) in [4.78, 5) is 5.16. The lowest BCUT2D eigenvalue weighted by Crippen LogP contribution is -1.97. The standard InChI is InChI=1S/C16H15N3OS/c1-8-6-11-13(7-9(8)2)17-12-5-3-4-10(12)14(11)15-18-19-16(21)20-15/h6-7H,3-5H2,1-2H3,(H,19,21). The summed E-state index contributed by atoms with van der Waals surface area (Å²) in [5.41, 5.74) is 7.00. The minimum Gasteiger partial charge on any atom is -0.409 e. The molecule has 0 bridgehead atoms. The number of aryl methyl sites for hydroxylation is 3. The fraction of sp³-hybridized carbons (Fsp3) is 0.312. The van der Waals surface area contributed by atoms with E-state index >= 15 is 0 Å². The topological polar surface area (TPSA) is 54.7 Å². The van der Waals surface area contributed by atoms with Crippen LogP contribution < -0.4 is 0 Å². The number of benzene rings is 1. The lowest BCUT2D eigenvalue weighted by atomic mass is 9.98. The third-order valence-corrected chi connectivity index (χ3v) is 4.45. The first-order chi connectivity index (χ1) is 10.1. The highest BCUT2D eigenvalue weighted by atomic mass is 32.1. The molecule has 0 spiro atoms. The molecule has 2 heterocycles. The second-order valence-corrected chi connectivity index (χ2v) is 6.01. The van der Waals surface area contributed by atoms with Gasteiger partial charge in [0.25, 0.3) is 4.84 Å². The van der Waals surface area contributed by atoms with E-state index in [4.69, 9.17) is 21.6 Å². The summed E-state index contributed by atoms with van der Waals surface area (Å²) in [6, 6.07) is 4.33. The molecule has 4 rings (SSSR count). The molecule has 2 aromatic heterocycles. The van der Waals surface area contributed by atoms with Gasteiger partial charge in [0.2, 0.25) is 5.89 Å². The smallest absolute Gasteiger partial charge is 0.284 e. The van der Waals surface area contributed by atoms with Crippen LogP contribution >= 0.6 is 12.2 Å². The molecule has 5 heteroatoms. The Balaban J connectivity index is 2.15. The molecule has 1 aliphatic carbocycles. The van der Waals surface area contributed by atoms with Crippen molar-refractivity contribution in [2.75, 3.05) is 0 Å². The number of rotatable bonds is 1. The predicted octanol–water partition coefficient (Wildman–Crippen LogP) is 4.05. The zero-order valence-corrected chi connectivity index (χ0v) is 12.8. The van der Waals surface area contributed by atoms with Gasteiger partial charge in [-0.2, -0.15) is 0 Å². The number of pyridine rings is 1. The molecule has 0 saturated carbocycles. The van der Waals surface area contributed by atoms with Crippen LogP contribution in [0.5, 0.6) is 0 Å². The lowest BCUT2D eigenvalue weighted by molar-refractivity contribution is 0.552. The Morgan fingerprint density at radius 1 is 1.19 bits per heavy atom. The summed E-state index contributed by atoms with van der Waals surface area (Å²) in [7, 11) is 0. The van der Waals surface area contributed by atoms with Crippen LogP contribution in [0.1, 0.15) is 28.8 Å². The molecule has 0 unspecified atom stereocenters. The minimum atomic E-state index is 0.311. The number of nitrogens with zero attached hydrogens (tertiary/aromatic N) is 2. The maximum Gasteiger partial charge on any atom is 0.284 e. The van der Waals surface area contributed by atoms with E-state index in [9.17, 15) is 0 Å². The highest BCUT2D eigenvalue weighted by Gasteiger charge is 2.23. The van der Waals surface area contributed by atoms with E-state index in [-0.39, 0.29) is 0 Å². The summed E-state index contributed by atoms with van der Waals surface area (Å²) in [6.07, 6.45) is 3.18. The average molecular weight is 297 g/mol. The molecule has 0 atom stereocenters. The van der Waals surface area contributed by atoms with E-state index in [1.807, 2.05) is 0 Å². The highest BCUT2D eigenvalue weighted by Crippen LogP contribution is 2.37. The molecule has 3 aromatic rings.